The number of nitrogens with zero attached hydrogens (tertiary/aromatic N) is 1. The normalized spacial score (nSPS) is 13.9. The molecule has 3 aromatic rings. The average Bonchev–Trinajstić information content (AvgIpc) is 3.26. The van der Waals surface area contributed by atoms with Crippen molar-refractivity contribution in [1.82, 2.24) is 15.6 Å². The number of benzene rings is 1. The van der Waals surface area contributed by atoms with Crippen LogP contribution < -0.4 is 10.6 Å². The monoisotopic (exact) mass is 484 g/mol. The number of aliphatic imine (C=N–C) groups is 1. The molecule has 140 valence electrons. The summed E-state index contributed by atoms with van der Waals surface area (Å²) in [6.45, 7) is 5.54. The van der Waals surface area contributed by atoms with Crippen LogP contribution in [-0.2, 0) is 12.1 Å². The van der Waals surface area contributed by atoms with Gasteiger partial charge in [-0.1, -0.05) is 24.3 Å². The Morgan fingerprint density at radius 2 is 2.04 bits per heavy atom. The van der Waals surface area contributed by atoms with E-state index in [4.69, 9.17) is 0 Å². The average molecular weight is 484 g/mol. The minimum Gasteiger partial charge on any atom is -0.383 e. The van der Waals surface area contributed by atoms with Crippen molar-refractivity contribution in [2.75, 3.05) is 13.1 Å². The zero-order valence-electron chi connectivity index (χ0n) is 15.0. The van der Waals surface area contributed by atoms with Crippen LogP contribution in [0.15, 0.2) is 52.8 Å². The van der Waals surface area contributed by atoms with E-state index in [0.29, 0.717) is 19.0 Å². The van der Waals surface area contributed by atoms with Crippen molar-refractivity contribution in [3.8, 4) is 0 Å². The Morgan fingerprint density at radius 1 is 1.23 bits per heavy atom. The summed E-state index contributed by atoms with van der Waals surface area (Å²) in [6, 6.07) is 14.2. The first kappa shape index (κ1) is 20.7. The lowest BCUT2D eigenvalue weighted by Gasteiger charge is -2.23. The third-order valence-corrected chi connectivity index (χ3v) is 5.11. The van der Waals surface area contributed by atoms with Crippen LogP contribution in [0, 0.1) is 0 Å². The van der Waals surface area contributed by atoms with Crippen molar-refractivity contribution >= 4 is 52.2 Å². The molecule has 3 rings (SSSR count). The van der Waals surface area contributed by atoms with Crippen LogP contribution in [-0.4, -0.2) is 29.1 Å². The fourth-order valence-corrected chi connectivity index (χ4v) is 3.44. The molecular formula is C19H25IN4OS. The smallest absolute Gasteiger partial charge is 0.191 e. The van der Waals surface area contributed by atoms with E-state index in [1.165, 1.54) is 5.39 Å². The van der Waals surface area contributed by atoms with E-state index < -0.39 is 5.60 Å². The van der Waals surface area contributed by atoms with Gasteiger partial charge in [-0.3, -0.25) is 0 Å². The fourth-order valence-electron chi connectivity index (χ4n) is 2.65. The number of hydrogen-bond acceptors (Lipinski definition) is 3. The van der Waals surface area contributed by atoms with Crippen LogP contribution in [0.3, 0.4) is 0 Å². The zero-order chi connectivity index (χ0) is 17.7. The lowest BCUT2D eigenvalue weighted by Crippen LogP contribution is -2.44. The van der Waals surface area contributed by atoms with Gasteiger partial charge in [0.25, 0.3) is 0 Å². The molecule has 0 spiro atoms. The Morgan fingerprint density at radius 3 is 2.73 bits per heavy atom. The molecule has 2 heterocycles. The Hall–Kier alpha value is -1.58. The molecule has 4 N–H and O–H groups in total. The van der Waals surface area contributed by atoms with Crippen LogP contribution in [0.2, 0.25) is 0 Å². The predicted molar refractivity (Wildman–Crippen MR) is 120 cm³/mol. The number of hydrogen-bond donors (Lipinski definition) is 4. The minimum absolute atomic E-state index is 0. The van der Waals surface area contributed by atoms with Gasteiger partial charge in [-0.2, -0.15) is 0 Å². The van der Waals surface area contributed by atoms with E-state index in [1.807, 2.05) is 43.5 Å². The Kier molecular flexibility index (Phi) is 7.48. The van der Waals surface area contributed by atoms with E-state index in [0.717, 1.165) is 22.6 Å². The summed E-state index contributed by atoms with van der Waals surface area (Å²) in [5.41, 5.74) is 1.25. The molecule has 26 heavy (non-hydrogen) atoms. The Labute approximate surface area is 175 Å². The van der Waals surface area contributed by atoms with Crippen molar-refractivity contribution < 1.29 is 5.11 Å². The van der Waals surface area contributed by atoms with E-state index >= 15 is 0 Å². The molecule has 0 aliphatic carbocycles. The lowest BCUT2D eigenvalue weighted by atomic mass is 10.1. The molecule has 0 saturated heterocycles. The predicted octanol–water partition coefficient (Wildman–Crippen LogP) is 3.81. The summed E-state index contributed by atoms with van der Waals surface area (Å²) in [5.74, 6) is 0.693. The largest absolute Gasteiger partial charge is 0.383 e. The van der Waals surface area contributed by atoms with Gasteiger partial charge in [0, 0.05) is 22.6 Å². The molecule has 1 aromatic carbocycles. The van der Waals surface area contributed by atoms with E-state index in [9.17, 15) is 5.11 Å². The molecule has 0 radical (unpaired) electrons. The minimum atomic E-state index is -0.925. The van der Waals surface area contributed by atoms with Crippen LogP contribution in [0.5, 0.6) is 0 Å². The summed E-state index contributed by atoms with van der Waals surface area (Å²) in [7, 11) is 0. The topological polar surface area (TPSA) is 72.4 Å². The molecule has 0 fully saturated rings. The van der Waals surface area contributed by atoms with Gasteiger partial charge in [-0.25, -0.2) is 4.99 Å². The van der Waals surface area contributed by atoms with Gasteiger partial charge in [0.2, 0.25) is 0 Å². The maximum atomic E-state index is 10.6. The quantitative estimate of drug-likeness (QED) is 0.244. The highest BCUT2D eigenvalue weighted by Gasteiger charge is 2.24. The van der Waals surface area contributed by atoms with Gasteiger partial charge in [-0.05, 0) is 42.8 Å². The number of aromatic amines is 1. The standard InChI is InChI=1S/C19H24N4OS.HI/c1-3-20-18(22-13-19(2,24)17-9-6-10-25-17)21-12-15-11-14-7-4-5-8-16(14)23-15;/h4-11,23-24H,3,12-13H2,1-2H3,(H2,20,21,22);1H. The van der Waals surface area contributed by atoms with E-state index in [1.54, 1.807) is 11.3 Å². The van der Waals surface area contributed by atoms with Crippen LogP contribution in [0.25, 0.3) is 10.9 Å². The summed E-state index contributed by atoms with van der Waals surface area (Å²) in [6.07, 6.45) is 0. The van der Waals surface area contributed by atoms with Crippen molar-refractivity contribution in [3.05, 3.63) is 58.4 Å². The molecule has 0 amide bonds. The van der Waals surface area contributed by atoms with Crippen molar-refractivity contribution in [2.24, 2.45) is 4.99 Å². The highest BCUT2D eigenvalue weighted by atomic mass is 127. The van der Waals surface area contributed by atoms with Crippen molar-refractivity contribution in [3.63, 3.8) is 0 Å². The molecule has 0 bridgehead atoms. The highest BCUT2D eigenvalue weighted by molar-refractivity contribution is 14.0. The first-order valence-electron chi connectivity index (χ1n) is 8.43. The number of thiophene rings is 1. The number of H-pyrrole nitrogens is 1. The number of nitrogens with one attached hydrogen (secondary N) is 3. The number of para-hydroxylation sites is 1. The van der Waals surface area contributed by atoms with Crippen LogP contribution >= 0.6 is 35.3 Å². The van der Waals surface area contributed by atoms with E-state index in [-0.39, 0.29) is 24.0 Å². The molecule has 5 nitrogen and oxygen atoms in total. The first-order chi connectivity index (χ1) is 12.1. The number of fused-ring (bicyclic) bond motifs is 1. The maximum Gasteiger partial charge on any atom is 0.191 e. The van der Waals surface area contributed by atoms with Crippen LogP contribution in [0.4, 0.5) is 0 Å². The molecule has 2 aromatic heterocycles. The third kappa shape index (κ3) is 5.21. The Bertz CT molecular complexity index is 809. The lowest BCUT2D eigenvalue weighted by molar-refractivity contribution is 0.0655. The van der Waals surface area contributed by atoms with Crippen molar-refractivity contribution in [1.29, 1.82) is 0 Å². The van der Waals surface area contributed by atoms with Crippen molar-refractivity contribution in [2.45, 2.75) is 26.0 Å². The maximum absolute atomic E-state index is 10.6. The fraction of sp³-hybridized carbons (Fsp3) is 0.316. The van der Waals surface area contributed by atoms with Gasteiger partial charge >= 0.3 is 0 Å². The second-order valence-electron chi connectivity index (χ2n) is 6.18. The van der Waals surface area contributed by atoms with Gasteiger partial charge in [-0.15, -0.1) is 35.3 Å². The number of rotatable bonds is 6. The molecule has 0 aliphatic heterocycles. The molecule has 1 atom stereocenters. The Balaban J connectivity index is 0.00000243. The number of aromatic nitrogens is 1. The van der Waals surface area contributed by atoms with Crippen LogP contribution in [0.1, 0.15) is 24.4 Å². The molecule has 1 unspecified atom stereocenters. The summed E-state index contributed by atoms with van der Waals surface area (Å²) in [4.78, 5) is 8.93. The van der Waals surface area contributed by atoms with Gasteiger partial charge in [0.05, 0.1) is 13.1 Å². The second-order valence-corrected chi connectivity index (χ2v) is 7.13. The summed E-state index contributed by atoms with van der Waals surface area (Å²) < 4.78 is 0. The first-order valence-corrected chi connectivity index (χ1v) is 9.31. The SMILES string of the molecule is CCNC(=NCc1cc2ccccc2[nH]1)NCC(C)(O)c1cccs1.I. The summed E-state index contributed by atoms with van der Waals surface area (Å²) in [5, 5.41) is 20.2. The molecule has 0 saturated carbocycles. The zero-order valence-corrected chi connectivity index (χ0v) is 18.1. The summed E-state index contributed by atoms with van der Waals surface area (Å²) >= 11 is 1.55. The van der Waals surface area contributed by atoms with Gasteiger partial charge < -0.3 is 20.7 Å². The highest BCUT2D eigenvalue weighted by Crippen LogP contribution is 2.24. The number of aliphatic hydroxyl groups is 1. The third-order valence-electron chi connectivity index (χ3n) is 3.99. The molecular weight excluding hydrogens is 459 g/mol. The molecule has 7 heteroatoms. The molecule has 0 aliphatic rings. The van der Waals surface area contributed by atoms with Gasteiger partial charge in [0.15, 0.2) is 5.96 Å². The number of guanidine groups is 1. The van der Waals surface area contributed by atoms with Gasteiger partial charge in [0.1, 0.15) is 5.60 Å². The number of halogens is 1. The van der Waals surface area contributed by atoms with E-state index in [2.05, 4.69) is 38.8 Å². The second kappa shape index (κ2) is 9.38.